The van der Waals surface area contributed by atoms with Crippen LogP contribution in [0.15, 0.2) is 0 Å². The number of nitrogens with one attached hydrogen (secondary N) is 1. The molecule has 0 saturated heterocycles. The summed E-state index contributed by atoms with van der Waals surface area (Å²) in [6.45, 7) is 3.07. The quantitative estimate of drug-likeness (QED) is 0.432. The molecule has 0 aromatic heterocycles. The summed E-state index contributed by atoms with van der Waals surface area (Å²) < 4.78 is 4.53. The van der Waals surface area contributed by atoms with Crippen molar-refractivity contribution in [3.05, 3.63) is 15.8 Å². The van der Waals surface area contributed by atoms with Crippen LogP contribution in [0.4, 0.5) is 4.79 Å². The summed E-state index contributed by atoms with van der Waals surface area (Å²) >= 11 is 0. The third-order valence-corrected chi connectivity index (χ3v) is 1.65. The Morgan fingerprint density at radius 1 is 1.59 bits per heavy atom. The van der Waals surface area contributed by atoms with Crippen LogP contribution in [0.2, 0.25) is 0 Å². The van der Waals surface area contributed by atoms with Gasteiger partial charge in [0.25, 0.3) is 5.09 Å². The summed E-state index contributed by atoms with van der Waals surface area (Å²) in [6, 6.07) is 0. The molecule has 1 radical (unpaired) electrons. The number of rotatable bonds is 6. The van der Waals surface area contributed by atoms with Gasteiger partial charge in [0.1, 0.15) is 0 Å². The Kier molecular flexibility index (Phi) is 19.9. The summed E-state index contributed by atoms with van der Waals surface area (Å²) in [5.74, 6) is 0.339. The van der Waals surface area contributed by atoms with Gasteiger partial charge in [-0.05, 0) is 25.3 Å². The molecule has 4 N–H and O–H groups in total. The molecule has 0 aromatic rings. The van der Waals surface area contributed by atoms with Crippen LogP contribution in [-0.2, 0) is 37.4 Å². The van der Waals surface area contributed by atoms with Gasteiger partial charge in [-0.15, -0.1) is 10.1 Å². The van der Waals surface area contributed by atoms with Gasteiger partial charge in [-0.1, -0.05) is 13.3 Å². The van der Waals surface area contributed by atoms with Gasteiger partial charge >= 0.3 is 0 Å². The molecule has 0 fully saturated rings. The van der Waals surface area contributed by atoms with Crippen molar-refractivity contribution in [3.8, 4) is 0 Å². The van der Waals surface area contributed by atoms with Gasteiger partial charge in [0.2, 0.25) is 6.09 Å². The van der Waals surface area contributed by atoms with Crippen LogP contribution in [0.1, 0.15) is 26.2 Å². The first-order valence-corrected chi connectivity index (χ1v) is 4.81. The number of unbranched alkanes of at least 4 members (excludes halogenated alkanes) is 1. The van der Waals surface area contributed by atoms with E-state index in [-0.39, 0.29) is 32.7 Å². The summed E-state index contributed by atoms with van der Waals surface area (Å²) in [5, 5.41) is 13.6. The minimum absolute atomic E-state index is 0. The maximum atomic E-state index is 10.1. The van der Waals surface area contributed by atoms with E-state index in [4.69, 9.17) is 26.8 Å². The molecular weight excluding hydrogens is 307 g/mol. The van der Waals surface area contributed by atoms with Crippen LogP contribution in [-0.4, -0.2) is 29.5 Å². The topological polar surface area (TPSA) is 139 Å². The van der Waals surface area contributed by atoms with E-state index in [2.05, 4.69) is 4.74 Å². The molecule has 0 aliphatic rings. The molecule has 8 nitrogen and oxygen atoms in total. The van der Waals surface area contributed by atoms with E-state index in [1.54, 1.807) is 0 Å². The van der Waals surface area contributed by atoms with Gasteiger partial charge in [0.05, 0.1) is 6.61 Å². The Morgan fingerprint density at radius 3 is 2.41 bits per heavy atom. The smallest absolute Gasteiger partial charge is 0.291 e. The van der Waals surface area contributed by atoms with Gasteiger partial charge < -0.3 is 21.4 Å². The minimum Gasteiger partial charge on any atom is -0.632 e. The molecule has 0 heterocycles. The number of hydrogen-bond acceptors (Lipinski definition) is 5. The van der Waals surface area contributed by atoms with Crippen LogP contribution in [0.25, 0.3) is 5.73 Å². The van der Waals surface area contributed by atoms with Crippen molar-refractivity contribution in [1.82, 2.24) is 0 Å². The fourth-order valence-corrected chi connectivity index (χ4v) is 0.938. The first-order chi connectivity index (χ1) is 7.40. The Bertz CT molecular complexity index is 202. The van der Waals surface area contributed by atoms with Gasteiger partial charge in [0, 0.05) is 32.7 Å². The van der Waals surface area contributed by atoms with E-state index >= 15 is 0 Å². The second-order valence-electron chi connectivity index (χ2n) is 3.23. The molecule has 99 valence electrons. The van der Waals surface area contributed by atoms with E-state index in [9.17, 15) is 4.79 Å². The normalized spacial score (nSPS) is 10.2. The number of nitrogens with two attached hydrogens (primary N) is 1. The zero-order chi connectivity index (χ0) is 13.0. The van der Waals surface area contributed by atoms with Crippen LogP contribution in [0.5, 0.6) is 0 Å². The first kappa shape index (κ1) is 21.8. The molecule has 9 heteroatoms. The van der Waals surface area contributed by atoms with Crippen LogP contribution >= 0.6 is 0 Å². The Balaban J connectivity index is -0.000000340. The zero-order valence-corrected chi connectivity index (χ0v) is 12.6. The Morgan fingerprint density at radius 2 is 2.06 bits per heavy atom. The van der Waals surface area contributed by atoms with Gasteiger partial charge in [0.15, 0.2) is 0 Å². The maximum Gasteiger partial charge on any atom is 0.291 e. The number of ether oxygens (including phenoxy) is 1. The molecule has 0 rings (SSSR count). The summed E-state index contributed by atoms with van der Waals surface area (Å²) in [4.78, 5) is 18.5. The first-order valence-electron chi connectivity index (χ1n) is 4.81. The van der Waals surface area contributed by atoms with Crippen LogP contribution in [0, 0.1) is 16.0 Å². The van der Waals surface area contributed by atoms with Gasteiger partial charge in [-0.3, -0.25) is 4.79 Å². The molecular formula is C8H18N3O5Y-. The van der Waals surface area contributed by atoms with Crippen molar-refractivity contribution in [2.24, 2.45) is 11.7 Å². The van der Waals surface area contributed by atoms with Crippen LogP contribution in [0.3, 0.4) is 0 Å². The van der Waals surface area contributed by atoms with Crippen LogP contribution < -0.4 is 5.73 Å². The molecule has 0 spiro atoms. The van der Waals surface area contributed by atoms with E-state index in [1.807, 2.05) is 6.92 Å². The third-order valence-electron chi connectivity index (χ3n) is 1.65. The van der Waals surface area contributed by atoms with E-state index < -0.39 is 11.2 Å². The second-order valence-corrected chi connectivity index (χ2v) is 3.23. The molecule has 17 heavy (non-hydrogen) atoms. The number of carbonyl (C=O) groups is 1. The van der Waals surface area contributed by atoms with Crippen molar-refractivity contribution in [3.63, 3.8) is 0 Å². The summed E-state index contributed by atoms with van der Waals surface area (Å²) in [7, 11) is 0. The average Bonchev–Trinajstić information content (AvgIpc) is 2.14. The predicted molar refractivity (Wildman–Crippen MR) is 56.5 cm³/mol. The molecule has 1 atom stereocenters. The number of nitrogens with zero attached hydrogens (tertiary/aromatic N) is 1. The van der Waals surface area contributed by atoms with Gasteiger partial charge in [-0.2, -0.15) is 0 Å². The van der Waals surface area contributed by atoms with Crippen molar-refractivity contribution in [2.75, 3.05) is 13.2 Å². The predicted octanol–water partition coefficient (Wildman–Crippen LogP) is 1.59. The van der Waals surface area contributed by atoms with E-state index in [1.165, 1.54) is 0 Å². The molecule has 0 aliphatic heterocycles. The fourth-order valence-electron chi connectivity index (χ4n) is 0.938. The average molecular weight is 325 g/mol. The third kappa shape index (κ3) is 31.3. The van der Waals surface area contributed by atoms with E-state index in [0.717, 1.165) is 19.3 Å². The monoisotopic (exact) mass is 325 g/mol. The summed E-state index contributed by atoms with van der Waals surface area (Å²) in [5.41, 5.74) is 11.8. The minimum atomic E-state index is -1.50. The van der Waals surface area contributed by atoms with Crippen molar-refractivity contribution < 1.29 is 52.5 Å². The molecule has 0 saturated carbocycles. The second kappa shape index (κ2) is 15.5. The maximum absolute atomic E-state index is 10.1. The van der Waals surface area contributed by atoms with Crippen molar-refractivity contribution in [1.29, 1.82) is 0 Å². The fraction of sp³-hybridized carbons (Fsp3) is 0.875. The standard InChI is InChI=1S/C8H18N2O2.HNO3.Y/c1-7(4-2-3-5-9)6-12-8(10)11;2-1(3)4;/h7H,2-6,9H2,1H3,(H2,10,11);(H,2,3,4);/p-1. The molecule has 0 aromatic carbocycles. The number of amides is 1. The molecule has 0 aliphatic carbocycles. The van der Waals surface area contributed by atoms with Crippen molar-refractivity contribution >= 4 is 6.09 Å². The number of hydrogen-bond donors (Lipinski definition) is 2. The molecule has 1 unspecified atom stereocenters. The SMILES string of the molecule is CC(CCCCN)COC([NH-])=O.O=[N+]([O-])O.[Y]. The Labute approximate surface area is 125 Å². The number of carbonyl (C=O) groups excluding carboxylic acids is 1. The summed E-state index contributed by atoms with van der Waals surface area (Å²) in [6.07, 6.45) is 2.14. The molecule has 1 amide bonds. The Hall–Kier alpha value is -0.466. The largest absolute Gasteiger partial charge is 0.632 e. The zero-order valence-electron chi connectivity index (χ0n) is 9.80. The molecule has 0 bridgehead atoms. The van der Waals surface area contributed by atoms with Crippen molar-refractivity contribution in [2.45, 2.75) is 26.2 Å². The van der Waals surface area contributed by atoms with E-state index in [0.29, 0.717) is 19.1 Å². The van der Waals surface area contributed by atoms with Gasteiger partial charge in [-0.25, -0.2) is 0 Å².